The quantitative estimate of drug-likeness (QED) is 0.398. The second-order valence-electron chi connectivity index (χ2n) is 0.204. The summed E-state index contributed by atoms with van der Waals surface area (Å²) in [6.45, 7) is 0. The van der Waals surface area contributed by atoms with E-state index in [2.05, 4.69) is 0 Å². The second kappa shape index (κ2) is 3.55. The van der Waals surface area contributed by atoms with Crippen molar-refractivity contribution in [2.24, 2.45) is 0 Å². The first kappa shape index (κ1) is 8.82. The highest BCUT2D eigenvalue weighted by molar-refractivity contribution is 7.59. The first-order valence-corrected chi connectivity index (χ1v) is 1.50. The highest BCUT2D eigenvalue weighted by Crippen LogP contribution is 1.07. The number of rotatable bonds is 0. The van der Waals surface area contributed by atoms with E-state index in [1.165, 1.54) is 0 Å². The van der Waals surface area contributed by atoms with E-state index in [9.17, 15) is 0 Å². The van der Waals surface area contributed by atoms with Crippen molar-refractivity contribution in [1.82, 2.24) is 0 Å². The summed E-state index contributed by atoms with van der Waals surface area (Å²) in [4.78, 5) is 0. The minimum atomic E-state index is -3.11. The van der Waals surface area contributed by atoms with Gasteiger partial charge in [0.1, 0.15) is 0 Å². The van der Waals surface area contributed by atoms with Gasteiger partial charge in [0.15, 0.2) is 0 Å². The maximum absolute atomic E-state index is 8.44. The summed E-state index contributed by atoms with van der Waals surface area (Å²) in [5.74, 6) is 0. The van der Waals surface area contributed by atoms with Crippen molar-refractivity contribution in [2.45, 2.75) is 0 Å². The average Bonchev–Trinajstić information content (AvgIpc) is 0.811. The Bertz CT molecular complexity index is 76.3. The molecule has 0 heterocycles. The van der Waals surface area contributed by atoms with Crippen LogP contribution in [0.4, 0.5) is 4.70 Å². The molecule has 0 N–H and O–H groups in total. The Kier molecular flexibility index (Phi) is 6.26. The van der Waals surface area contributed by atoms with Gasteiger partial charge in [-0.25, -0.2) is 0 Å². The molecule has 0 aliphatic carbocycles. The van der Waals surface area contributed by atoms with Crippen LogP contribution in [-0.4, -0.2) is 12.6 Å². The van der Waals surface area contributed by atoms with Gasteiger partial charge in [0.2, 0.25) is 0 Å². The summed E-state index contributed by atoms with van der Waals surface area (Å²) in [6.07, 6.45) is 0. The molecule has 5 heavy (non-hydrogen) atoms. The van der Waals surface area contributed by atoms with Gasteiger partial charge in [0, 0.05) is 0 Å². The molecular formula is HFO3S. The Morgan fingerprint density at radius 1 is 1.00 bits per heavy atom. The molecule has 0 saturated carbocycles. The van der Waals surface area contributed by atoms with E-state index < -0.39 is 10.6 Å². The molecule has 0 rings (SSSR count). The molecule has 32 valence electrons. The largest absolute Gasteiger partial charge is 0.425 e. The SMILES string of the molecule is F.O=S(=O)=O. The molecule has 0 fully saturated rings. The maximum atomic E-state index is 8.44. The lowest BCUT2D eigenvalue weighted by Gasteiger charge is -1.11. The molecule has 0 aliphatic rings. The third-order valence-electron chi connectivity index (χ3n) is 0. The van der Waals surface area contributed by atoms with Crippen LogP contribution in [0.5, 0.6) is 0 Å². The van der Waals surface area contributed by atoms with Gasteiger partial charge in [0.25, 0.3) is 0 Å². The van der Waals surface area contributed by atoms with Crippen molar-refractivity contribution < 1.29 is 17.3 Å². The zero-order valence-electron chi connectivity index (χ0n) is 2.04. The first-order chi connectivity index (χ1) is 1.73. The van der Waals surface area contributed by atoms with Gasteiger partial charge in [0.05, 0.1) is 0 Å². The van der Waals surface area contributed by atoms with Crippen LogP contribution in [-0.2, 0) is 10.6 Å². The molecule has 0 aromatic carbocycles. The van der Waals surface area contributed by atoms with Crippen LogP contribution >= 0.6 is 0 Å². The van der Waals surface area contributed by atoms with E-state index in [0.717, 1.165) is 0 Å². The summed E-state index contributed by atoms with van der Waals surface area (Å²) < 4.78 is 25.3. The van der Waals surface area contributed by atoms with Gasteiger partial charge in [-0.1, -0.05) is 0 Å². The van der Waals surface area contributed by atoms with Gasteiger partial charge >= 0.3 is 10.6 Å². The van der Waals surface area contributed by atoms with E-state index in [1.54, 1.807) is 0 Å². The molecule has 0 spiro atoms. The molecule has 0 unspecified atom stereocenters. The Labute approximate surface area is 29.0 Å². The highest BCUT2D eigenvalue weighted by Gasteiger charge is 1.40. The van der Waals surface area contributed by atoms with E-state index in [1.807, 2.05) is 0 Å². The van der Waals surface area contributed by atoms with Crippen LogP contribution in [0.15, 0.2) is 0 Å². The summed E-state index contributed by atoms with van der Waals surface area (Å²) in [5.41, 5.74) is 0. The Balaban J connectivity index is 0. The van der Waals surface area contributed by atoms with Gasteiger partial charge in [-0.05, 0) is 0 Å². The predicted octanol–water partition coefficient (Wildman–Crippen LogP) is -0.852. The van der Waals surface area contributed by atoms with Crippen LogP contribution in [0.1, 0.15) is 0 Å². The lowest BCUT2D eigenvalue weighted by atomic mass is 15.9. The molecule has 0 aromatic rings. The normalized spacial score (nSPS) is 4.80. The molecular weight excluding hydrogens is 99.1 g/mol. The monoisotopic (exact) mass is 100.0 g/mol. The summed E-state index contributed by atoms with van der Waals surface area (Å²) in [7, 11) is -3.11. The van der Waals surface area contributed by atoms with E-state index >= 15 is 0 Å². The van der Waals surface area contributed by atoms with Gasteiger partial charge < -0.3 is 0 Å². The zero-order chi connectivity index (χ0) is 3.58. The Morgan fingerprint density at radius 2 is 1.00 bits per heavy atom. The van der Waals surface area contributed by atoms with Gasteiger partial charge in [-0.3, -0.25) is 4.70 Å². The third kappa shape index (κ3) is 42.1. The van der Waals surface area contributed by atoms with Crippen LogP contribution in [0.25, 0.3) is 0 Å². The second-order valence-corrected chi connectivity index (χ2v) is 0.612. The van der Waals surface area contributed by atoms with Crippen molar-refractivity contribution in [3.63, 3.8) is 0 Å². The number of hydrogen-bond donors (Lipinski definition) is 0. The van der Waals surface area contributed by atoms with Crippen LogP contribution in [0, 0.1) is 0 Å². The molecule has 0 aliphatic heterocycles. The predicted molar refractivity (Wildman–Crippen MR) is 12.2 cm³/mol. The van der Waals surface area contributed by atoms with Crippen molar-refractivity contribution in [3.8, 4) is 0 Å². The molecule has 5 heteroatoms. The number of halogens is 1. The fraction of sp³-hybridized carbons (Fsp3) is 0. The van der Waals surface area contributed by atoms with Gasteiger partial charge in [-0.15, -0.1) is 12.6 Å². The van der Waals surface area contributed by atoms with Crippen molar-refractivity contribution >= 4 is 10.6 Å². The highest BCUT2D eigenvalue weighted by atomic mass is 32.2. The summed E-state index contributed by atoms with van der Waals surface area (Å²) in [6, 6.07) is 0. The molecule has 0 bridgehead atoms. The minimum absolute atomic E-state index is 0. The zero-order valence-corrected chi connectivity index (χ0v) is 2.86. The van der Waals surface area contributed by atoms with Crippen LogP contribution in [0.2, 0.25) is 0 Å². The van der Waals surface area contributed by atoms with Gasteiger partial charge in [-0.2, -0.15) is 0 Å². The topological polar surface area (TPSA) is 51.2 Å². The van der Waals surface area contributed by atoms with E-state index in [4.69, 9.17) is 12.6 Å². The molecule has 0 aromatic heterocycles. The fourth-order valence-electron chi connectivity index (χ4n) is 0. The van der Waals surface area contributed by atoms with Crippen molar-refractivity contribution in [3.05, 3.63) is 0 Å². The maximum Gasteiger partial charge on any atom is 0.425 e. The molecule has 0 radical (unpaired) electrons. The Hall–Kier alpha value is -0.450. The molecule has 0 atom stereocenters. The van der Waals surface area contributed by atoms with Crippen LogP contribution in [0.3, 0.4) is 0 Å². The summed E-state index contributed by atoms with van der Waals surface area (Å²) in [5, 5.41) is 0. The smallest absolute Gasteiger partial charge is 0.269 e. The van der Waals surface area contributed by atoms with Crippen molar-refractivity contribution in [1.29, 1.82) is 0 Å². The first-order valence-electron chi connectivity index (χ1n) is 0.500. The summed E-state index contributed by atoms with van der Waals surface area (Å²) >= 11 is 0. The fourth-order valence-corrected chi connectivity index (χ4v) is 0. The van der Waals surface area contributed by atoms with E-state index in [0.29, 0.717) is 0 Å². The molecule has 0 saturated heterocycles. The molecule has 3 nitrogen and oxygen atoms in total. The number of hydrogen-bond acceptors (Lipinski definition) is 3. The Morgan fingerprint density at radius 3 is 1.00 bits per heavy atom. The molecule has 0 amide bonds. The average molecular weight is 100 g/mol. The van der Waals surface area contributed by atoms with E-state index in [-0.39, 0.29) is 4.70 Å². The third-order valence-corrected chi connectivity index (χ3v) is 0. The van der Waals surface area contributed by atoms with Crippen LogP contribution < -0.4 is 0 Å². The standard InChI is InChI=1S/FH.O3S/c;1-4(2)3/h1H;. The van der Waals surface area contributed by atoms with Crippen molar-refractivity contribution in [2.75, 3.05) is 0 Å². The minimum Gasteiger partial charge on any atom is -0.269 e. The lowest BCUT2D eigenvalue weighted by molar-refractivity contribution is 0.559. The lowest BCUT2D eigenvalue weighted by Crippen LogP contribution is -1.40.